The van der Waals surface area contributed by atoms with Gasteiger partial charge in [0.25, 0.3) is 0 Å². The Morgan fingerprint density at radius 3 is 1.63 bits per heavy atom. The van der Waals surface area contributed by atoms with E-state index >= 15 is 0 Å². The highest BCUT2D eigenvalue weighted by atomic mass is 31.2. The SMILES string of the molecule is O=C(/C=C/c1ccccc1)OP(=O)(Oc1ccccc1)Oc1ccccc1. The Morgan fingerprint density at radius 2 is 1.15 bits per heavy atom. The van der Waals surface area contributed by atoms with Crippen molar-refractivity contribution < 1.29 is 22.9 Å². The minimum atomic E-state index is -4.24. The Kier molecular flexibility index (Phi) is 6.08. The smallest absolute Gasteiger partial charge is 0.386 e. The van der Waals surface area contributed by atoms with Crippen LogP contribution in [0.3, 0.4) is 0 Å². The molecule has 27 heavy (non-hydrogen) atoms. The zero-order chi connectivity index (χ0) is 19.0. The fourth-order valence-corrected chi connectivity index (χ4v) is 3.30. The fourth-order valence-electron chi connectivity index (χ4n) is 2.15. The largest absolute Gasteiger partial charge is 0.649 e. The van der Waals surface area contributed by atoms with Gasteiger partial charge in [0.05, 0.1) is 0 Å². The van der Waals surface area contributed by atoms with E-state index in [9.17, 15) is 9.36 Å². The molecule has 0 heterocycles. The zero-order valence-corrected chi connectivity index (χ0v) is 15.2. The Hall–Kier alpha value is -3.30. The Labute approximate surface area is 157 Å². The molecule has 0 saturated heterocycles. The summed E-state index contributed by atoms with van der Waals surface area (Å²) in [7, 11) is -4.24. The highest BCUT2D eigenvalue weighted by molar-refractivity contribution is 7.50. The standard InChI is InChI=1S/C21H17O5P/c22-21(17-16-18-10-4-1-5-11-18)26-27(23,24-19-12-6-2-7-13-19)25-20-14-8-3-9-15-20/h1-17H/b17-16+. The Balaban J connectivity index is 1.77. The van der Waals surface area contributed by atoms with E-state index in [2.05, 4.69) is 0 Å². The van der Waals surface area contributed by atoms with Gasteiger partial charge in [-0.15, -0.1) is 0 Å². The summed E-state index contributed by atoms with van der Waals surface area (Å²) < 4.78 is 28.9. The number of rotatable bonds is 7. The van der Waals surface area contributed by atoms with Crippen LogP contribution in [0, 0.1) is 0 Å². The van der Waals surface area contributed by atoms with Gasteiger partial charge in [-0.3, -0.25) is 0 Å². The maximum atomic E-state index is 13.1. The van der Waals surface area contributed by atoms with Gasteiger partial charge in [0.2, 0.25) is 0 Å². The van der Waals surface area contributed by atoms with E-state index in [0.717, 1.165) is 5.56 Å². The first-order valence-corrected chi connectivity index (χ1v) is 9.65. The van der Waals surface area contributed by atoms with Crippen molar-refractivity contribution in [2.24, 2.45) is 0 Å². The Bertz CT molecular complexity index is 895. The molecule has 0 aliphatic heterocycles. The first-order valence-electron chi connectivity index (χ1n) is 8.19. The summed E-state index contributed by atoms with van der Waals surface area (Å²) in [6, 6.07) is 26.0. The van der Waals surface area contributed by atoms with Crippen LogP contribution in [0.1, 0.15) is 5.56 Å². The summed E-state index contributed by atoms with van der Waals surface area (Å²) >= 11 is 0. The minimum Gasteiger partial charge on any atom is -0.386 e. The lowest BCUT2D eigenvalue weighted by atomic mass is 10.2. The van der Waals surface area contributed by atoms with Crippen molar-refractivity contribution in [2.45, 2.75) is 0 Å². The maximum absolute atomic E-state index is 13.1. The molecule has 6 heteroatoms. The van der Waals surface area contributed by atoms with Crippen LogP contribution in [0.15, 0.2) is 97.1 Å². The first kappa shape index (κ1) is 18.5. The molecule has 0 spiro atoms. The van der Waals surface area contributed by atoms with Crippen LogP contribution in [0.5, 0.6) is 11.5 Å². The van der Waals surface area contributed by atoms with Gasteiger partial charge >= 0.3 is 13.8 Å². The summed E-state index contributed by atoms with van der Waals surface area (Å²) in [6.45, 7) is 0. The third kappa shape index (κ3) is 5.87. The summed E-state index contributed by atoms with van der Waals surface area (Å²) in [5, 5.41) is 0. The van der Waals surface area contributed by atoms with Crippen LogP contribution in [-0.2, 0) is 13.9 Å². The molecular formula is C21H17O5P. The predicted octanol–water partition coefficient (Wildman–Crippen LogP) is 5.51. The molecule has 3 rings (SSSR count). The van der Waals surface area contributed by atoms with E-state index in [-0.39, 0.29) is 11.5 Å². The van der Waals surface area contributed by atoms with Gasteiger partial charge in [0.15, 0.2) is 0 Å². The molecule has 0 N–H and O–H groups in total. The monoisotopic (exact) mass is 380 g/mol. The third-order valence-corrected chi connectivity index (χ3v) is 4.61. The number of phosphoric acid groups is 1. The van der Waals surface area contributed by atoms with Crippen LogP contribution >= 0.6 is 7.82 Å². The molecule has 136 valence electrons. The highest BCUT2D eigenvalue weighted by Gasteiger charge is 2.34. The van der Waals surface area contributed by atoms with Crippen LogP contribution in [-0.4, -0.2) is 5.97 Å². The molecule has 0 radical (unpaired) electrons. The van der Waals surface area contributed by atoms with E-state index in [1.54, 1.807) is 66.7 Å². The van der Waals surface area contributed by atoms with Crippen molar-refractivity contribution in [3.8, 4) is 11.5 Å². The van der Waals surface area contributed by atoms with E-state index in [1.807, 2.05) is 30.3 Å². The molecule has 3 aromatic rings. The summed E-state index contributed by atoms with van der Waals surface area (Å²) in [4.78, 5) is 12.2. The van der Waals surface area contributed by atoms with Gasteiger partial charge in [-0.1, -0.05) is 66.7 Å². The molecule has 0 aromatic heterocycles. The molecule has 3 aromatic carbocycles. The molecule has 0 aliphatic rings. The number of hydrogen-bond acceptors (Lipinski definition) is 5. The second-order valence-corrected chi connectivity index (χ2v) is 6.85. The summed E-state index contributed by atoms with van der Waals surface area (Å²) in [5.41, 5.74) is 0.803. The lowest BCUT2D eigenvalue weighted by Gasteiger charge is -2.17. The van der Waals surface area contributed by atoms with Crippen LogP contribution in [0.4, 0.5) is 0 Å². The molecule has 0 bridgehead atoms. The molecule has 0 fully saturated rings. The van der Waals surface area contributed by atoms with Gasteiger partial charge in [-0.2, -0.15) is 4.57 Å². The van der Waals surface area contributed by atoms with Crippen LogP contribution in [0.25, 0.3) is 6.08 Å². The number of para-hydroxylation sites is 2. The summed E-state index contributed by atoms with van der Waals surface area (Å²) in [5.74, 6) is -0.317. The van der Waals surface area contributed by atoms with Gasteiger partial charge in [-0.25, -0.2) is 4.79 Å². The van der Waals surface area contributed by atoms with E-state index < -0.39 is 13.8 Å². The number of hydrogen-bond donors (Lipinski definition) is 0. The van der Waals surface area contributed by atoms with Gasteiger partial charge in [0.1, 0.15) is 11.5 Å². The van der Waals surface area contributed by atoms with Gasteiger partial charge in [-0.05, 0) is 35.9 Å². The van der Waals surface area contributed by atoms with Gasteiger partial charge in [0, 0.05) is 6.08 Å². The number of benzene rings is 3. The van der Waals surface area contributed by atoms with Crippen molar-refractivity contribution in [1.82, 2.24) is 0 Å². The number of carbonyl (C=O) groups excluding carboxylic acids is 1. The maximum Gasteiger partial charge on any atom is 0.649 e. The van der Waals surface area contributed by atoms with E-state index in [0.29, 0.717) is 0 Å². The van der Waals surface area contributed by atoms with E-state index in [1.165, 1.54) is 6.08 Å². The molecule has 0 amide bonds. The number of carbonyl (C=O) groups is 1. The third-order valence-electron chi connectivity index (χ3n) is 3.33. The quantitative estimate of drug-likeness (QED) is 0.400. The normalized spacial score (nSPS) is 11.1. The second kappa shape index (κ2) is 8.88. The Morgan fingerprint density at radius 1 is 0.704 bits per heavy atom. The second-order valence-electron chi connectivity index (χ2n) is 5.41. The molecule has 0 unspecified atom stereocenters. The summed E-state index contributed by atoms with van der Waals surface area (Å²) in [6.07, 6.45) is 2.72. The predicted molar refractivity (Wildman–Crippen MR) is 103 cm³/mol. The van der Waals surface area contributed by atoms with Crippen LogP contribution < -0.4 is 9.05 Å². The first-order chi connectivity index (χ1) is 13.1. The minimum absolute atomic E-state index is 0.261. The fraction of sp³-hybridized carbons (Fsp3) is 0. The molecule has 0 saturated carbocycles. The highest BCUT2D eigenvalue weighted by Crippen LogP contribution is 2.49. The average molecular weight is 380 g/mol. The van der Waals surface area contributed by atoms with Crippen molar-refractivity contribution in [2.75, 3.05) is 0 Å². The van der Waals surface area contributed by atoms with Crippen molar-refractivity contribution in [3.05, 3.63) is 103 Å². The van der Waals surface area contributed by atoms with E-state index in [4.69, 9.17) is 13.6 Å². The van der Waals surface area contributed by atoms with Crippen molar-refractivity contribution in [3.63, 3.8) is 0 Å². The lowest BCUT2D eigenvalue weighted by Crippen LogP contribution is -2.09. The van der Waals surface area contributed by atoms with Gasteiger partial charge < -0.3 is 13.6 Å². The zero-order valence-electron chi connectivity index (χ0n) is 14.3. The lowest BCUT2D eigenvalue weighted by molar-refractivity contribution is -0.129. The average Bonchev–Trinajstić information content (AvgIpc) is 2.68. The topological polar surface area (TPSA) is 61.8 Å². The van der Waals surface area contributed by atoms with Crippen molar-refractivity contribution in [1.29, 1.82) is 0 Å². The molecule has 0 aliphatic carbocycles. The number of phosphoric ester groups is 1. The molecule has 5 nitrogen and oxygen atoms in total. The molecular weight excluding hydrogens is 363 g/mol. The van der Waals surface area contributed by atoms with Crippen LogP contribution in [0.2, 0.25) is 0 Å². The molecule has 0 atom stereocenters. The van der Waals surface area contributed by atoms with Crippen molar-refractivity contribution >= 4 is 19.9 Å².